The standard InChI is InChI=1S/C12H16ClN3/c13-12-8-10(3-4-14-12)16-7-6-15-5-1-2-11(15)9-16/h3-4,8,11H,1-2,5-7,9H2. The van der Waals surface area contributed by atoms with E-state index in [1.54, 1.807) is 6.20 Å². The number of hydrogen-bond donors (Lipinski definition) is 0. The minimum atomic E-state index is 0.589. The van der Waals surface area contributed by atoms with Gasteiger partial charge in [0.15, 0.2) is 0 Å². The van der Waals surface area contributed by atoms with E-state index < -0.39 is 0 Å². The predicted molar refractivity (Wildman–Crippen MR) is 66.1 cm³/mol. The second-order valence-corrected chi connectivity index (χ2v) is 5.00. The quantitative estimate of drug-likeness (QED) is 0.697. The van der Waals surface area contributed by atoms with E-state index in [1.165, 1.54) is 31.6 Å². The van der Waals surface area contributed by atoms with Gasteiger partial charge in [0.2, 0.25) is 0 Å². The molecule has 2 aliphatic rings. The predicted octanol–water partition coefficient (Wildman–Crippen LogP) is 2.02. The largest absolute Gasteiger partial charge is 0.369 e. The molecule has 0 aromatic carbocycles. The van der Waals surface area contributed by atoms with Crippen molar-refractivity contribution in [1.29, 1.82) is 0 Å². The van der Waals surface area contributed by atoms with Crippen LogP contribution in [0.5, 0.6) is 0 Å². The Bertz CT molecular complexity index is 382. The van der Waals surface area contributed by atoms with Crippen LogP contribution in [0.3, 0.4) is 0 Å². The van der Waals surface area contributed by atoms with Gasteiger partial charge in [0.1, 0.15) is 5.15 Å². The molecule has 1 aromatic rings. The lowest BCUT2D eigenvalue weighted by Crippen LogP contribution is -2.50. The van der Waals surface area contributed by atoms with Crippen molar-refractivity contribution in [2.45, 2.75) is 18.9 Å². The van der Waals surface area contributed by atoms with Crippen molar-refractivity contribution in [3.8, 4) is 0 Å². The van der Waals surface area contributed by atoms with E-state index in [1.807, 2.05) is 6.07 Å². The monoisotopic (exact) mass is 237 g/mol. The van der Waals surface area contributed by atoms with Crippen LogP contribution in [-0.2, 0) is 0 Å². The Kier molecular flexibility index (Phi) is 2.74. The van der Waals surface area contributed by atoms with Crippen LogP contribution in [0.15, 0.2) is 18.3 Å². The molecule has 0 saturated carbocycles. The van der Waals surface area contributed by atoms with Gasteiger partial charge in [0.05, 0.1) is 0 Å². The van der Waals surface area contributed by atoms with Gasteiger partial charge in [-0.25, -0.2) is 4.98 Å². The molecule has 4 heteroatoms. The number of hydrogen-bond acceptors (Lipinski definition) is 3. The molecule has 3 heterocycles. The van der Waals surface area contributed by atoms with Crippen molar-refractivity contribution in [2.24, 2.45) is 0 Å². The maximum absolute atomic E-state index is 5.93. The smallest absolute Gasteiger partial charge is 0.131 e. The maximum atomic E-state index is 5.93. The zero-order chi connectivity index (χ0) is 11.0. The summed E-state index contributed by atoms with van der Waals surface area (Å²) in [6, 6.07) is 4.77. The lowest BCUT2D eigenvalue weighted by atomic mass is 10.1. The van der Waals surface area contributed by atoms with E-state index in [0.717, 1.165) is 19.1 Å². The summed E-state index contributed by atoms with van der Waals surface area (Å²) in [5, 5.41) is 0.589. The van der Waals surface area contributed by atoms with Crippen molar-refractivity contribution in [2.75, 3.05) is 31.1 Å². The molecule has 0 N–H and O–H groups in total. The third-order valence-electron chi connectivity index (χ3n) is 3.66. The summed E-state index contributed by atoms with van der Waals surface area (Å²) in [6.45, 7) is 4.72. The lowest BCUT2D eigenvalue weighted by molar-refractivity contribution is 0.231. The van der Waals surface area contributed by atoms with Crippen LogP contribution in [0.25, 0.3) is 0 Å². The van der Waals surface area contributed by atoms with Crippen LogP contribution in [-0.4, -0.2) is 42.1 Å². The van der Waals surface area contributed by atoms with Crippen molar-refractivity contribution in [3.05, 3.63) is 23.5 Å². The van der Waals surface area contributed by atoms with E-state index in [-0.39, 0.29) is 0 Å². The first-order chi connectivity index (χ1) is 7.83. The summed E-state index contributed by atoms with van der Waals surface area (Å²) in [5.41, 5.74) is 1.21. The molecule has 2 fully saturated rings. The van der Waals surface area contributed by atoms with Crippen molar-refractivity contribution >= 4 is 17.3 Å². The van der Waals surface area contributed by atoms with Crippen LogP contribution in [0.1, 0.15) is 12.8 Å². The molecule has 1 unspecified atom stereocenters. The average Bonchev–Trinajstić information content (AvgIpc) is 2.75. The number of fused-ring (bicyclic) bond motifs is 1. The van der Waals surface area contributed by atoms with Gasteiger partial charge >= 0.3 is 0 Å². The van der Waals surface area contributed by atoms with Gasteiger partial charge in [-0.05, 0) is 31.5 Å². The zero-order valence-corrected chi connectivity index (χ0v) is 10.0. The molecule has 0 bridgehead atoms. The number of anilines is 1. The van der Waals surface area contributed by atoms with Crippen LogP contribution in [0, 0.1) is 0 Å². The first-order valence-electron chi connectivity index (χ1n) is 5.93. The van der Waals surface area contributed by atoms with Crippen LogP contribution >= 0.6 is 11.6 Å². The van der Waals surface area contributed by atoms with Gasteiger partial charge in [-0.2, -0.15) is 0 Å². The fourth-order valence-electron chi connectivity index (χ4n) is 2.81. The third kappa shape index (κ3) is 1.89. The molecule has 16 heavy (non-hydrogen) atoms. The normalized spacial score (nSPS) is 25.8. The van der Waals surface area contributed by atoms with E-state index >= 15 is 0 Å². The average molecular weight is 238 g/mol. The number of rotatable bonds is 1. The molecule has 3 rings (SSSR count). The highest BCUT2D eigenvalue weighted by atomic mass is 35.5. The number of aromatic nitrogens is 1. The van der Waals surface area contributed by atoms with Crippen molar-refractivity contribution in [1.82, 2.24) is 9.88 Å². The summed E-state index contributed by atoms with van der Waals surface area (Å²) in [7, 11) is 0. The fourth-order valence-corrected chi connectivity index (χ4v) is 2.98. The SMILES string of the molecule is Clc1cc(N2CCN3CCCC3C2)ccn1. The zero-order valence-electron chi connectivity index (χ0n) is 9.27. The first kappa shape index (κ1) is 10.4. The minimum absolute atomic E-state index is 0.589. The van der Waals surface area contributed by atoms with Gasteiger partial charge in [-0.15, -0.1) is 0 Å². The molecule has 0 spiro atoms. The lowest BCUT2D eigenvalue weighted by Gasteiger charge is -2.38. The van der Waals surface area contributed by atoms with Gasteiger partial charge in [0, 0.05) is 37.6 Å². The molecule has 2 aliphatic heterocycles. The van der Waals surface area contributed by atoms with Gasteiger partial charge in [-0.1, -0.05) is 11.6 Å². The topological polar surface area (TPSA) is 19.4 Å². The summed E-state index contributed by atoms with van der Waals surface area (Å²) in [4.78, 5) is 9.07. The van der Waals surface area contributed by atoms with E-state index in [0.29, 0.717) is 5.15 Å². The molecule has 0 amide bonds. The van der Waals surface area contributed by atoms with Gasteiger partial charge in [0.25, 0.3) is 0 Å². The molecule has 1 atom stereocenters. The summed E-state index contributed by atoms with van der Waals surface area (Å²) < 4.78 is 0. The maximum Gasteiger partial charge on any atom is 0.131 e. The Morgan fingerprint density at radius 2 is 2.25 bits per heavy atom. The second kappa shape index (κ2) is 4.22. The highest BCUT2D eigenvalue weighted by molar-refractivity contribution is 6.29. The highest BCUT2D eigenvalue weighted by Crippen LogP contribution is 2.26. The number of pyridine rings is 1. The molecular formula is C12H16ClN3. The first-order valence-corrected chi connectivity index (χ1v) is 6.31. The van der Waals surface area contributed by atoms with Crippen molar-refractivity contribution in [3.63, 3.8) is 0 Å². The molecule has 86 valence electrons. The highest BCUT2D eigenvalue weighted by Gasteiger charge is 2.30. The molecule has 3 nitrogen and oxygen atoms in total. The third-order valence-corrected chi connectivity index (χ3v) is 3.87. The fraction of sp³-hybridized carbons (Fsp3) is 0.583. The molecule has 0 aliphatic carbocycles. The number of piperazine rings is 1. The Morgan fingerprint density at radius 3 is 3.12 bits per heavy atom. The Morgan fingerprint density at radius 1 is 1.31 bits per heavy atom. The molecular weight excluding hydrogens is 222 g/mol. The Labute approximate surface area is 101 Å². The van der Waals surface area contributed by atoms with E-state index in [9.17, 15) is 0 Å². The van der Waals surface area contributed by atoms with Crippen molar-refractivity contribution < 1.29 is 0 Å². The van der Waals surface area contributed by atoms with Crippen LogP contribution < -0.4 is 4.90 Å². The number of halogens is 1. The van der Waals surface area contributed by atoms with Crippen LogP contribution in [0.2, 0.25) is 5.15 Å². The minimum Gasteiger partial charge on any atom is -0.369 e. The molecule has 2 saturated heterocycles. The second-order valence-electron chi connectivity index (χ2n) is 4.61. The van der Waals surface area contributed by atoms with Gasteiger partial charge < -0.3 is 4.90 Å². The van der Waals surface area contributed by atoms with E-state index in [4.69, 9.17) is 11.6 Å². The van der Waals surface area contributed by atoms with Gasteiger partial charge in [-0.3, -0.25) is 4.90 Å². The van der Waals surface area contributed by atoms with E-state index in [2.05, 4.69) is 20.9 Å². The molecule has 0 radical (unpaired) electrons. The number of nitrogens with zero attached hydrogens (tertiary/aromatic N) is 3. The van der Waals surface area contributed by atoms with Crippen LogP contribution in [0.4, 0.5) is 5.69 Å². The summed E-state index contributed by atoms with van der Waals surface area (Å²) in [6.07, 6.45) is 4.49. The molecule has 1 aromatic heterocycles. The Hall–Kier alpha value is -0.800. The summed E-state index contributed by atoms with van der Waals surface area (Å²) >= 11 is 5.93. The summed E-state index contributed by atoms with van der Waals surface area (Å²) in [5.74, 6) is 0. The Balaban J connectivity index is 1.76.